The molecular weight excluding hydrogens is 332 g/mol. The molecule has 0 aliphatic carbocycles. The minimum Gasteiger partial charge on any atom is -0.479 e. The summed E-state index contributed by atoms with van der Waals surface area (Å²) in [4.78, 5) is 28.0. The minimum absolute atomic E-state index is 0.320. The van der Waals surface area contributed by atoms with Gasteiger partial charge in [0.05, 0.1) is 5.02 Å². The summed E-state index contributed by atoms with van der Waals surface area (Å²) < 4.78 is 10.6. The highest BCUT2D eigenvalue weighted by Crippen LogP contribution is 2.13. The predicted octanol–water partition coefficient (Wildman–Crippen LogP) is 3.07. The Morgan fingerprint density at radius 3 is 2.42 bits per heavy atom. The van der Waals surface area contributed by atoms with Crippen LogP contribution < -0.4 is 10.1 Å². The number of rotatable bonds is 6. The number of nitrogens with zero attached hydrogens (tertiary/aromatic N) is 1. The highest BCUT2D eigenvalue weighted by molar-refractivity contribution is 6.30. The van der Waals surface area contributed by atoms with E-state index in [-0.39, 0.29) is 0 Å². The average molecular weight is 349 g/mol. The molecule has 2 atom stereocenters. The average Bonchev–Trinajstić information content (AvgIpc) is 2.57. The second kappa shape index (κ2) is 8.31. The molecular formula is C17H17ClN2O4. The number of amides is 1. The molecule has 2 aromatic rings. The number of aromatic nitrogens is 1. The Morgan fingerprint density at radius 2 is 1.79 bits per heavy atom. The zero-order valence-corrected chi connectivity index (χ0v) is 14.0. The first-order valence-electron chi connectivity index (χ1n) is 7.30. The summed E-state index contributed by atoms with van der Waals surface area (Å²) in [5.74, 6) is -0.263. The van der Waals surface area contributed by atoms with E-state index in [1.165, 1.54) is 13.1 Å². The molecule has 24 heavy (non-hydrogen) atoms. The van der Waals surface area contributed by atoms with Crippen LogP contribution in [0.15, 0.2) is 48.7 Å². The van der Waals surface area contributed by atoms with E-state index in [0.717, 1.165) is 0 Å². The van der Waals surface area contributed by atoms with Crippen molar-refractivity contribution in [2.45, 2.75) is 26.1 Å². The second-order valence-corrected chi connectivity index (χ2v) is 5.44. The van der Waals surface area contributed by atoms with Gasteiger partial charge in [-0.2, -0.15) is 0 Å². The number of pyridine rings is 1. The van der Waals surface area contributed by atoms with Gasteiger partial charge >= 0.3 is 5.97 Å². The Morgan fingerprint density at radius 1 is 1.08 bits per heavy atom. The van der Waals surface area contributed by atoms with E-state index in [1.54, 1.807) is 43.3 Å². The van der Waals surface area contributed by atoms with Crippen LogP contribution in [0.2, 0.25) is 5.02 Å². The molecule has 1 aromatic carbocycles. The van der Waals surface area contributed by atoms with Crippen molar-refractivity contribution in [1.82, 2.24) is 4.98 Å². The summed E-state index contributed by atoms with van der Waals surface area (Å²) in [6.07, 6.45) is -0.419. The quantitative estimate of drug-likeness (QED) is 0.812. The fraction of sp³-hybridized carbons (Fsp3) is 0.235. The first kappa shape index (κ1) is 17.7. The SMILES string of the molecule is C[C@H](Oc1ccccc1)C(=O)O[C@H](C)C(=O)Nc1ccc(Cl)cn1. The van der Waals surface area contributed by atoms with Gasteiger partial charge in [-0.05, 0) is 38.1 Å². The van der Waals surface area contributed by atoms with Crippen LogP contribution in [0.25, 0.3) is 0 Å². The molecule has 1 amide bonds. The molecule has 7 heteroatoms. The van der Waals surface area contributed by atoms with Crippen molar-refractivity contribution in [2.75, 3.05) is 5.32 Å². The van der Waals surface area contributed by atoms with E-state index in [9.17, 15) is 9.59 Å². The van der Waals surface area contributed by atoms with Gasteiger partial charge in [0.25, 0.3) is 5.91 Å². The van der Waals surface area contributed by atoms with Crippen LogP contribution in [-0.4, -0.2) is 29.1 Å². The number of nitrogens with one attached hydrogen (secondary N) is 1. The zero-order valence-electron chi connectivity index (χ0n) is 13.2. The number of anilines is 1. The smallest absolute Gasteiger partial charge is 0.347 e. The molecule has 0 saturated carbocycles. The summed E-state index contributed by atoms with van der Waals surface area (Å²) in [6, 6.07) is 12.0. The van der Waals surface area contributed by atoms with Gasteiger partial charge in [-0.15, -0.1) is 0 Å². The highest BCUT2D eigenvalue weighted by Gasteiger charge is 2.23. The third-order valence-corrected chi connectivity index (χ3v) is 3.25. The van der Waals surface area contributed by atoms with Crippen molar-refractivity contribution >= 4 is 29.3 Å². The number of para-hydroxylation sites is 1. The van der Waals surface area contributed by atoms with Crippen molar-refractivity contribution in [3.63, 3.8) is 0 Å². The number of carbonyl (C=O) groups is 2. The summed E-state index contributed by atoms with van der Waals surface area (Å²) in [6.45, 7) is 3.03. The van der Waals surface area contributed by atoms with E-state index in [4.69, 9.17) is 21.1 Å². The number of esters is 1. The van der Waals surface area contributed by atoms with Crippen LogP contribution in [0, 0.1) is 0 Å². The lowest BCUT2D eigenvalue weighted by atomic mass is 10.3. The van der Waals surface area contributed by atoms with E-state index in [2.05, 4.69) is 10.3 Å². The van der Waals surface area contributed by atoms with Gasteiger partial charge in [-0.1, -0.05) is 29.8 Å². The first-order valence-corrected chi connectivity index (χ1v) is 7.68. The highest BCUT2D eigenvalue weighted by atomic mass is 35.5. The molecule has 0 unspecified atom stereocenters. The Hall–Kier alpha value is -2.60. The maximum Gasteiger partial charge on any atom is 0.347 e. The van der Waals surface area contributed by atoms with Crippen LogP contribution in [-0.2, 0) is 14.3 Å². The van der Waals surface area contributed by atoms with Crippen LogP contribution >= 0.6 is 11.6 Å². The Labute approximate surface area is 144 Å². The topological polar surface area (TPSA) is 77.5 Å². The van der Waals surface area contributed by atoms with Crippen molar-refractivity contribution in [3.8, 4) is 5.75 Å². The molecule has 6 nitrogen and oxygen atoms in total. The van der Waals surface area contributed by atoms with Crippen LogP contribution in [0.4, 0.5) is 5.82 Å². The maximum absolute atomic E-state index is 12.0. The van der Waals surface area contributed by atoms with Crippen molar-refractivity contribution in [1.29, 1.82) is 0 Å². The molecule has 0 radical (unpaired) electrons. The molecule has 0 spiro atoms. The molecule has 0 aliphatic heterocycles. The lowest BCUT2D eigenvalue weighted by Gasteiger charge is -2.17. The summed E-state index contributed by atoms with van der Waals surface area (Å²) in [5, 5.41) is 2.99. The standard InChI is InChI=1S/C17H17ClN2O4/c1-11(16(21)20-15-9-8-13(18)10-19-15)24-17(22)12(2)23-14-6-4-3-5-7-14/h3-12H,1-2H3,(H,19,20,21)/t11-,12+/m1/s1. The third kappa shape index (κ3) is 5.24. The molecule has 1 aromatic heterocycles. The Kier molecular flexibility index (Phi) is 6.14. The van der Waals surface area contributed by atoms with Crippen molar-refractivity contribution in [3.05, 3.63) is 53.7 Å². The van der Waals surface area contributed by atoms with Gasteiger partial charge in [0.15, 0.2) is 12.2 Å². The molecule has 0 bridgehead atoms. The molecule has 0 saturated heterocycles. The van der Waals surface area contributed by atoms with Gasteiger partial charge < -0.3 is 14.8 Å². The molecule has 126 valence electrons. The molecule has 1 N–H and O–H groups in total. The van der Waals surface area contributed by atoms with Crippen molar-refractivity contribution < 1.29 is 19.1 Å². The number of ether oxygens (including phenoxy) is 2. The Balaban J connectivity index is 1.85. The first-order chi connectivity index (χ1) is 11.5. The number of benzene rings is 1. The minimum atomic E-state index is -0.989. The van der Waals surface area contributed by atoms with E-state index >= 15 is 0 Å². The molecule has 2 rings (SSSR count). The lowest BCUT2D eigenvalue weighted by Crippen LogP contribution is -2.35. The number of carbonyl (C=O) groups excluding carboxylic acids is 2. The largest absolute Gasteiger partial charge is 0.479 e. The number of halogens is 1. The van der Waals surface area contributed by atoms with Crippen molar-refractivity contribution in [2.24, 2.45) is 0 Å². The predicted molar refractivity (Wildman–Crippen MR) is 90.0 cm³/mol. The summed E-state index contributed by atoms with van der Waals surface area (Å²) in [7, 11) is 0. The van der Waals surface area contributed by atoms with Gasteiger partial charge in [0.1, 0.15) is 11.6 Å². The zero-order chi connectivity index (χ0) is 17.5. The van der Waals surface area contributed by atoms with E-state index < -0.39 is 24.1 Å². The van der Waals surface area contributed by atoms with Crippen LogP contribution in [0.1, 0.15) is 13.8 Å². The van der Waals surface area contributed by atoms with E-state index in [0.29, 0.717) is 16.6 Å². The molecule has 1 heterocycles. The maximum atomic E-state index is 12.0. The normalized spacial score (nSPS) is 12.8. The molecule has 0 aliphatic rings. The molecule has 0 fully saturated rings. The number of hydrogen-bond donors (Lipinski definition) is 1. The number of hydrogen-bond acceptors (Lipinski definition) is 5. The lowest BCUT2D eigenvalue weighted by molar-refractivity contribution is -0.159. The van der Waals surface area contributed by atoms with Gasteiger partial charge in [-0.3, -0.25) is 4.79 Å². The van der Waals surface area contributed by atoms with Gasteiger partial charge in [0, 0.05) is 6.20 Å². The third-order valence-electron chi connectivity index (χ3n) is 3.03. The van der Waals surface area contributed by atoms with Crippen LogP contribution in [0.3, 0.4) is 0 Å². The van der Waals surface area contributed by atoms with Gasteiger partial charge in [-0.25, -0.2) is 9.78 Å². The van der Waals surface area contributed by atoms with Gasteiger partial charge in [0.2, 0.25) is 0 Å². The fourth-order valence-electron chi connectivity index (χ4n) is 1.75. The Bertz CT molecular complexity index is 691. The summed E-state index contributed by atoms with van der Waals surface area (Å²) >= 11 is 5.72. The fourth-order valence-corrected chi connectivity index (χ4v) is 1.86. The summed E-state index contributed by atoms with van der Waals surface area (Å²) in [5.41, 5.74) is 0. The second-order valence-electron chi connectivity index (χ2n) is 5.00. The van der Waals surface area contributed by atoms with Crippen LogP contribution in [0.5, 0.6) is 5.75 Å². The monoisotopic (exact) mass is 348 g/mol. The van der Waals surface area contributed by atoms with E-state index in [1.807, 2.05) is 6.07 Å².